The lowest BCUT2D eigenvalue weighted by Crippen LogP contribution is -2.33. The first kappa shape index (κ1) is 16.6. The largest absolute Gasteiger partial charge is 0.465 e. The van der Waals surface area contributed by atoms with Gasteiger partial charge in [-0.15, -0.1) is 11.6 Å². The van der Waals surface area contributed by atoms with E-state index in [-0.39, 0.29) is 24.4 Å². The molecule has 0 aromatic heterocycles. The molecule has 0 heterocycles. The van der Waals surface area contributed by atoms with Crippen molar-refractivity contribution in [3.63, 3.8) is 0 Å². The van der Waals surface area contributed by atoms with Crippen molar-refractivity contribution in [1.82, 2.24) is 0 Å². The lowest BCUT2D eigenvalue weighted by atomic mass is 9.88. The fraction of sp³-hybridized carbons (Fsp3) is 0.900. The van der Waals surface area contributed by atoms with Crippen LogP contribution in [-0.4, -0.2) is 21.7 Å². The van der Waals surface area contributed by atoms with Gasteiger partial charge in [0.05, 0.1) is 6.61 Å². The first-order chi connectivity index (χ1) is 7.08. The van der Waals surface area contributed by atoms with E-state index < -0.39 is 9.21 Å². The summed E-state index contributed by atoms with van der Waals surface area (Å²) in [4.78, 5) is 11.0. The van der Waals surface area contributed by atoms with Crippen molar-refractivity contribution in [2.75, 3.05) is 6.61 Å². The molecule has 0 aliphatic carbocycles. The maximum atomic E-state index is 11.0. The quantitative estimate of drug-likeness (QED) is 0.558. The van der Waals surface area contributed by atoms with E-state index in [9.17, 15) is 4.79 Å². The Kier molecular flexibility index (Phi) is 6.79. The number of hydrogen-bond acceptors (Lipinski definition) is 2. The highest BCUT2D eigenvalue weighted by molar-refractivity contribution is 6.67. The molecule has 0 aromatic carbocycles. The highest BCUT2D eigenvalue weighted by Crippen LogP contribution is 2.39. The summed E-state index contributed by atoms with van der Waals surface area (Å²) in [6.45, 7) is 5.68. The summed E-state index contributed by atoms with van der Waals surface area (Å²) in [5.74, 6) is -0.258. The second-order valence-electron chi connectivity index (χ2n) is 4.29. The van der Waals surface area contributed by atoms with Gasteiger partial charge in [0.2, 0.25) is 0 Å². The Balaban J connectivity index is 4.25. The van der Waals surface area contributed by atoms with E-state index in [1.807, 2.05) is 13.8 Å². The van der Waals surface area contributed by atoms with Crippen LogP contribution in [0.5, 0.6) is 0 Å². The minimum Gasteiger partial charge on any atom is -0.465 e. The normalized spacial score (nSPS) is 14.7. The van der Waals surface area contributed by atoms with Gasteiger partial charge in [0.25, 0.3) is 0 Å². The summed E-state index contributed by atoms with van der Waals surface area (Å²) < 4.78 is 3.65. The molecule has 0 aliphatic rings. The molecule has 0 spiro atoms. The first-order valence-electron chi connectivity index (χ1n) is 4.95. The molecule has 96 valence electrons. The highest BCUT2D eigenvalue weighted by atomic mass is 35.6. The molecule has 0 saturated heterocycles. The molecular weight excluding hydrogens is 294 g/mol. The van der Waals surface area contributed by atoms with Crippen molar-refractivity contribution in [3.8, 4) is 0 Å². The third-order valence-electron chi connectivity index (χ3n) is 2.15. The third kappa shape index (κ3) is 7.05. The standard InChI is InChI=1S/C10H16Cl4O2/c1-4-8(15)16-6-9(2,3)7(11)5-10(12,13)14/h7H,4-6H2,1-3H3. The van der Waals surface area contributed by atoms with Crippen LogP contribution >= 0.6 is 46.4 Å². The van der Waals surface area contributed by atoms with Gasteiger partial charge in [-0.1, -0.05) is 55.6 Å². The first-order valence-corrected chi connectivity index (χ1v) is 6.52. The van der Waals surface area contributed by atoms with E-state index in [4.69, 9.17) is 51.1 Å². The predicted molar refractivity (Wildman–Crippen MR) is 69.6 cm³/mol. The van der Waals surface area contributed by atoms with Crippen molar-refractivity contribution in [2.24, 2.45) is 5.41 Å². The minimum absolute atomic E-state index is 0.204. The number of esters is 1. The van der Waals surface area contributed by atoms with Gasteiger partial charge in [0.1, 0.15) is 0 Å². The molecule has 0 rings (SSSR count). The van der Waals surface area contributed by atoms with Crippen molar-refractivity contribution in [2.45, 2.75) is 42.8 Å². The van der Waals surface area contributed by atoms with Crippen LogP contribution in [0.25, 0.3) is 0 Å². The topological polar surface area (TPSA) is 26.3 Å². The van der Waals surface area contributed by atoms with E-state index in [1.165, 1.54) is 0 Å². The number of rotatable bonds is 5. The molecule has 0 aliphatic heterocycles. The molecule has 1 atom stereocenters. The Hall–Kier alpha value is 0.630. The monoisotopic (exact) mass is 308 g/mol. The van der Waals surface area contributed by atoms with Crippen LogP contribution in [0.15, 0.2) is 0 Å². The molecule has 2 nitrogen and oxygen atoms in total. The number of alkyl halides is 4. The van der Waals surface area contributed by atoms with Crippen LogP contribution in [0.2, 0.25) is 0 Å². The van der Waals surface area contributed by atoms with Crippen molar-refractivity contribution >= 4 is 52.4 Å². The zero-order valence-electron chi connectivity index (χ0n) is 9.53. The van der Waals surface area contributed by atoms with Crippen molar-refractivity contribution < 1.29 is 9.53 Å². The van der Waals surface area contributed by atoms with E-state index in [2.05, 4.69) is 0 Å². The maximum Gasteiger partial charge on any atom is 0.305 e. The Morgan fingerprint density at radius 2 is 1.81 bits per heavy atom. The van der Waals surface area contributed by atoms with Gasteiger partial charge in [0.15, 0.2) is 3.79 Å². The average molecular weight is 310 g/mol. The zero-order chi connectivity index (χ0) is 13.0. The van der Waals surface area contributed by atoms with Gasteiger partial charge in [-0.05, 0) is 0 Å². The molecule has 0 aromatic rings. The molecule has 0 radical (unpaired) electrons. The second-order valence-corrected chi connectivity index (χ2v) is 7.33. The van der Waals surface area contributed by atoms with Gasteiger partial charge < -0.3 is 4.74 Å². The lowest BCUT2D eigenvalue weighted by molar-refractivity contribution is -0.146. The molecule has 0 fully saturated rings. The molecule has 0 saturated carbocycles. The highest BCUT2D eigenvalue weighted by Gasteiger charge is 2.35. The summed E-state index contributed by atoms with van der Waals surface area (Å²) in [5.41, 5.74) is -0.434. The average Bonchev–Trinajstić information content (AvgIpc) is 2.11. The van der Waals surface area contributed by atoms with E-state index in [0.29, 0.717) is 6.42 Å². The fourth-order valence-electron chi connectivity index (χ4n) is 0.938. The van der Waals surface area contributed by atoms with Crippen LogP contribution in [0, 0.1) is 5.41 Å². The molecule has 0 bridgehead atoms. The van der Waals surface area contributed by atoms with Crippen LogP contribution < -0.4 is 0 Å². The van der Waals surface area contributed by atoms with E-state index >= 15 is 0 Å². The van der Waals surface area contributed by atoms with Crippen LogP contribution in [0.3, 0.4) is 0 Å². The number of halogens is 4. The number of carbonyl (C=O) groups excluding carboxylic acids is 1. The van der Waals surface area contributed by atoms with Gasteiger partial charge in [-0.25, -0.2) is 0 Å². The summed E-state index contributed by atoms with van der Waals surface area (Å²) >= 11 is 23.1. The predicted octanol–water partition coefficient (Wildman–Crippen LogP) is 4.33. The van der Waals surface area contributed by atoms with Crippen molar-refractivity contribution in [1.29, 1.82) is 0 Å². The number of ether oxygens (including phenoxy) is 1. The summed E-state index contributed by atoms with van der Waals surface area (Å²) in [6.07, 6.45) is 0.545. The summed E-state index contributed by atoms with van der Waals surface area (Å²) in [6, 6.07) is 0. The Labute approximate surface area is 117 Å². The number of hydrogen-bond donors (Lipinski definition) is 0. The molecule has 6 heteroatoms. The Morgan fingerprint density at radius 3 is 2.19 bits per heavy atom. The molecule has 0 N–H and O–H groups in total. The fourth-order valence-corrected chi connectivity index (χ4v) is 1.93. The summed E-state index contributed by atoms with van der Waals surface area (Å²) in [5, 5.41) is -0.385. The molecule has 16 heavy (non-hydrogen) atoms. The van der Waals surface area contributed by atoms with Gasteiger partial charge >= 0.3 is 5.97 Å². The SMILES string of the molecule is CCC(=O)OCC(C)(C)C(Cl)CC(Cl)(Cl)Cl. The van der Waals surface area contributed by atoms with Crippen LogP contribution in [0.4, 0.5) is 0 Å². The summed E-state index contributed by atoms with van der Waals surface area (Å²) in [7, 11) is 0. The molecule has 1 unspecified atom stereocenters. The molecule has 0 amide bonds. The number of carbonyl (C=O) groups is 1. The van der Waals surface area contributed by atoms with E-state index in [1.54, 1.807) is 6.92 Å². The minimum atomic E-state index is -1.39. The van der Waals surface area contributed by atoms with Crippen molar-refractivity contribution in [3.05, 3.63) is 0 Å². The molecular formula is C10H16Cl4O2. The van der Waals surface area contributed by atoms with E-state index in [0.717, 1.165) is 0 Å². The smallest absolute Gasteiger partial charge is 0.305 e. The Bertz CT molecular complexity index is 235. The van der Waals surface area contributed by atoms with Crippen LogP contribution in [0.1, 0.15) is 33.6 Å². The zero-order valence-corrected chi connectivity index (χ0v) is 12.6. The third-order valence-corrected chi connectivity index (χ3v) is 3.36. The second kappa shape index (κ2) is 6.53. The van der Waals surface area contributed by atoms with Gasteiger partial charge in [-0.3, -0.25) is 4.79 Å². The maximum absolute atomic E-state index is 11.0. The Morgan fingerprint density at radius 1 is 1.31 bits per heavy atom. The van der Waals surface area contributed by atoms with Gasteiger partial charge in [0, 0.05) is 23.6 Å². The lowest BCUT2D eigenvalue weighted by Gasteiger charge is -2.31. The van der Waals surface area contributed by atoms with Crippen LogP contribution in [-0.2, 0) is 9.53 Å². The van der Waals surface area contributed by atoms with Gasteiger partial charge in [-0.2, -0.15) is 0 Å².